The van der Waals surface area contributed by atoms with E-state index in [2.05, 4.69) is 23.7 Å². The number of rotatable bonds is 3. The quantitative estimate of drug-likeness (QED) is 0.739. The van der Waals surface area contributed by atoms with Crippen molar-refractivity contribution in [2.45, 2.75) is 64.3 Å². The number of hydrogen-bond acceptors (Lipinski definition) is 6. The molecule has 0 bridgehead atoms. The Morgan fingerprint density at radius 3 is 2.79 bits per heavy atom. The van der Waals surface area contributed by atoms with Gasteiger partial charge in [0, 0.05) is 25.4 Å². The van der Waals surface area contributed by atoms with Crippen LogP contribution in [0.5, 0.6) is 0 Å². The maximum atomic E-state index is 13.2. The van der Waals surface area contributed by atoms with E-state index in [4.69, 9.17) is 4.74 Å². The number of esters is 1. The molecule has 3 atom stereocenters. The Morgan fingerprint density at radius 1 is 1.28 bits per heavy atom. The first kappa shape index (κ1) is 19.8. The predicted octanol–water partition coefficient (Wildman–Crippen LogP) is 2.16. The minimum absolute atomic E-state index is 0.0992. The highest BCUT2D eigenvalue weighted by Gasteiger charge is 2.51. The lowest BCUT2D eigenvalue weighted by Gasteiger charge is -2.55. The summed E-state index contributed by atoms with van der Waals surface area (Å²) >= 11 is 0. The van der Waals surface area contributed by atoms with Gasteiger partial charge in [0.05, 0.1) is 29.2 Å². The van der Waals surface area contributed by atoms with Crippen LogP contribution in [0.1, 0.15) is 40.0 Å². The van der Waals surface area contributed by atoms with Crippen molar-refractivity contribution in [1.29, 1.82) is 0 Å². The number of ketones is 1. The van der Waals surface area contributed by atoms with Crippen LogP contribution in [0.4, 0.5) is 0 Å². The number of fused-ring (bicyclic) bond motifs is 2. The van der Waals surface area contributed by atoms with Gasteiger partial charge in [0.2, 0.25) is 0 Å². The summed E-state index contributed by atoms with van der Waals surface area (Å²) < 4.78 is 7.08. The molecule has 0 spiro atoms. The normalized spacial score (nSPS) is 26.9. The first-order valence-electron chi connectivity index (χ1n) is 10.2. The zero-order chi connectivity index (χ0) is 20.8. The maximum Gasteiger partial charge on any atom is 0.302 e. The third kappa shape index (κ3) is 3.48. The number of nitrogens with zero attached hydrogens (tertiary/aromatic N) is 3. The predicted molar refractivity (Wildman–Crippen MR) is 108 cm³/mol. The number of benzene rings is 1. The molecule has 0 radical (unpaired) electrons. The highest BCUT2D eigenvalue weighted by Crippen LogP contribution is 2.40. The van der Waals surface area contributed by atoms with Crippen molar-refractivity contribution in [2.24, 2.45) is 5.92 Å². The molecule has 0 aliphatic carbocycles. The molecule has 7 nitrogen and oxygen atoms in total. The molecule has 7 heteroatoms. The number of Topliss-reactive ketones (excluding diaryl/α,β-unsaturated/α-hetero) is 1. The van der Waals surface area contributed by atoms with Gasteiger partial charge in [0.15, 0.2) is 0 Å². The molecule has 2 saturated heterocycles. The van der Waals surface area contributed by atoms with Crippen LogP contribution in [-0.4, -0.2) is 50.4 Å². The first-order chi connectivity index (χ1) is 13.8. The zero-order valence-corrected chi connectivity index (χ0v) is 17.1. The van der Waals surface area contributed by atoms with E-state index >= 15 is 0 Å². The van der Waals surface area contributed by atoms with Crippen molar-refractivity contribution < 1.29 is 14.3 Å². The van der Waals surface area contributed by atoms with Crippen molar-refractivity contribution in [3.05, 3.63) is 40.9 Å². The number of aromatic nitrogens is 2. The van der Waals surface area contributed by atoms with Crippen LogP contribution in [0.15, 0.2) is 35.4 Å². The van der Waals surface area contributed by atoms with Gasteiger partial charge in [-0.25, -0.2) is 4.98 Å². The van der Waals surface area contributed by atoms with Gasteiger partial charge in [0.1, 0.15) is 11.9 Å². The Hall–Kier alpha value is -2.54. The standard InChI is InChI=1S/C22H27N3O4/c1-14(26)29-20-9-6-10-25-18(20)11-19(27)16(22(25,2)3)12-24-13-23-17-8-5-4-7-15(17)21(24)28/h4-5,7-8,13,16,18,20H,6,9-12H2,1-3H3/t16-,18+,20+/m1/s1. The number of hydrogen-bond donors (Lipinski definition) is 0. The summed E-state index contributed by atoms with van der Waals surface area (Å²) in [4.78, 5) is 44.3. The number of para-hydroxylation sites is 1. The summed E-state index contributed by atoms with van der Waals surface area (Å²) in [7, 11) is 0. The van der Waals surface area contributed by atoms with Gasteiger partial charge in [0.25, 0.3) is 5.56 Å². The molecule has 3 heterocycles. The summed E-state index contributed by atoms with van der Waals surface area (Å²) in [6.45, 7) is 6.67. The molecule has 2 aliphatic rings. The lowest BCUT2D eigenvalue weighted by molar-refractivity contribution is -0.166. The van der Waals surface area contributed by atoms with Crippen LogP contribution in [0.2, 0.25) is 0 Å². The van der Waals surface area contributed by atoms with Crippen molar-refractivity contribution in [1.82, 2.24) is 14.5 Å². The third-order valence-corrected chi connectivity index (χ3v) is 6.54. The van der Waals surface area contributed by atoms with E-state index in [-0.39, 0.29) is 35.4 Å². The molecule has 1 aromatic heterocycles. The van der Waals surface area contributed by atoms with Gasteiger partial charge >= 0.3 is 5.97 Å². The molecule has 0 unspecified atom stereocenters. The Labute approximate surface area is 169 Å². The summed E-state index contributed by atoms with van der Waals surface area (Å²) in [6.07, 6.45) is 3.31. The lowest BCUT2D eigenvalue weighted by Crippen LogP contribution is -2.67. The number of piperidine rings is 2. The maximum absolute atomic E-state index is 13.2. The van der Waals surface area contributed by atoms with Gasteiger partial charge in [-0.05, 0) is 45.4 Å². The first-order valence-corrected chi connectivity index (χ1v) is 10.2. The molecule has 154 valence electrons. The van der Waals surface area contributed by atoms with Crippen LogP contribution in [0.3, 0.4) is 0 Å². The van der Waals surface area contributed by atoms with Crippen molar-refractivity contribution >= 4 is 22.7 Å². The zero-order valence-electron chi connectivity index (χ0n) is 17.1. The van der Waals surface area contributed by atoms with Crippen molar-refractivity contribution in [2.75, 3.05) is 6.54 Å². The Morgan fingerprint density at radius 2 is 2.03 bits per heavy atom. The Kier molecular flexibility index (Phi) is 5.02. The van der Waals surface area contributed by atoms with Crippen molar-refractivity contribution in [3.8, 4) is 0 Å². The number of carbonyl (C=O) groups is 2. The highest BCUT2D eigenvalue weighted by atomic mass is 16.5. The molecular formula is C22H27N3O4. The smallest absolute Gasteiger partial charge is 0.302 e. The van der Waals surface area contributed by atoms with Crippen LogP contribution < -0.4 is 5.56 Å². The van der Waals surface area contributed by atoms with E-state index in [0.29, 0.717) is 23.9 Å². The summed E-state index contributed by atoms with van der Waals surface area (Å²) in [5.41, 5.74) is 0.0743. The van der Waals surface area contributed by atoms with Crippen LogP contribution in [0, 0.1) is 5.92 Å². The average Bonchev–Trinajstić information content (AvgIpc) is 2.67. The average molecular weight is 397 g/mol. The second-order valence-corrected chi connectivity index (χ2v) is 8.65. The topological polar surface area (TPSA) is 81.5 Å². The van der Waals surface area contributed by atoms with Gasteiger partial charge in [-0.1, -0.05) is 12.1 Å². The molecule has 29 heavy (non-hydrogen) atoms. The summed E-state index contributed by atoms with van der Waals surface area (Å²) in [5.74, 6) is -0.538. The molecule has 2 aliphatic heterocycles. The van der Waals surface area contributed by atoms with Gasteiger partial charge in [-0.15, -0.1) is 0 Å². The number of carbonyl (C=O) groups excluding carboxylic acids is 2. The van der Waals surface area contributed by atoms with E-state index in [1.54, 1.807) is 10.6 Å². The minimum Gasteiger partial charge on any atom is -0.461 e. The van der Waals surface area contributed by atoms with Gasteiger partial charge < -0.3 is 4.74 Å². The summed E-state index contributed by atoms with van der Waals surface area (Å²) in [5, 5.41) is 0.557. The Balaban J connectivity index is 1.64. The van der Waals surface area contributed by atoms with Crippen LogP contribution >= 0.6 is 0 Å². The fourth-order valence-electron chi connectivity index (χ4n) is 5.03. The SMILES string of the molecule is CC(=O)O[C@H]1CCCN2[C@H]1CC(=O)[C@@H](Cn1cnc3ccccc3c1=O)C2(C)C. The molecule has 2 fully saturated rings. The fourth-order valence-corrected chi connectivity index (χ4v) is 5.03. The van der Waals surface area contributed by atoms with Crippen LogP contribution in [-0.2, 0) is 20.9 Å². The molecule has 0 saturated carbocycles. The lowest BCUT2D eigenvalue weighted by atomic mass is 9.72. The van der Waals surface area contributed by atoms with E-state index in [1.165, 1.54) is 13.3 Å². The van der Waals surface area contributed by atoms with Crippen molar-refractivity contribution in [3.63, 3.8) is 0 Å². The largest absolute Gasteiger partial charge is 0.461 e. The molecule has 0 amide bonds. The molecular weight excluding hydrogens is 370 g/mol. The summed E-state index contributed by atoms with van der Waals surface area (Å²) in [6, 6.07) is 7.14. The van der Waals surface area contributed by atoms with Gasteiger partial charge in [-0.2, -0.15) is 0 Å². The third-order valence-electron chi connectivity index (χ3n) is 6.54. The fraction of sp³-hybridized carbons (Fsp3) is 0.545. The van der Waals surface area contributed by atoms with E-state index in [0.717, 1.165) is 19.4 Å². The van der Waals surface area contributed by atoms with Gasteiger partial charge in [-0.3, -0.25) is 23.9 Å². The highest BCUT2D eigenvalue weighted by molar-refractivity contribution is 5.84. The monoisotopic (exact) mass is 397 g/mol. The molecule has 0 N–H and O–H groups in total. The van der Waals surface area contributed by atoms with E-state index in [9.17, 15) is 14.4 Å². The molecule has 4 rings (SSSR count). The number of ether oxygens (including phenoxy) is 1. The minimum atomic E-state index is -0.454. The second kappa shape index (κ2) is 7.37. The van der Waals surface area contributed by atoms with E-state index < -0.39 is 5.54 Å². The van der Waals surface area contributed by atoms with E-state index in [1.807, 2.05) is 18.2 Å². The molecule has 2 aromatic rings. The second-order valence-electron chi connectivity index (χ2n) is 8.65. The Bertz CT molecular complexity index is 1010. The van der Waals surface area contributed by atoms with Crippen LogP contribution in [0.25, 0.3) is 10.9 Å². The molecule has 1 aromatic carbocycles.